The first-order chi connectivity index (χ1) is 14.4. The molecule has 0 aliphatic carbocycles. The SMILES string of the molecule is COc1cc(CN2C(NC(=O)C(C)C)=NC(C)=CC2C(N)=O)cnc1OCC(F)(F)F. The molecule has 12 heteroatoms. The smallest absolute Gasteiger partial charge is 0.422 e. The lowest BCUT2D eigenvalue weighted by Crippen LogP contribution is -2.54. The highest BCUT2D eigenvalue weighted by Gasteiger charge is 2.31. The zero-order valence-electron chi connectivity index (χ0n) is 17.5. The lowest BCUT2D eigenvalue weighted by Gasteiger charge is -2.34. The van der Waals surface area contributed by atoms with Crippen molar-refractivity contribution in [1.82, 2.24) is 15.2 Å². The molecule has 0 saturated heterocycles. The number of ether oxygens (including phenoxy) is 2. The number of allylic oxidation sites excluding steroid dienone is 1. The summed E-state index contributed by atoms with van der Waals surface area (Å²) in [7, 11) is 1.26. The van der Waals surface area contributed by atoms with Crippen LogP contribution in [0.1, 0.15) is 26.3 Å². The van der Waals surface area contributed by atoms with E-state index in [9.17, 15) is 22.8 Å². The fourth-order valence-electron chi connectivity index (χ4n) is 2.64. The van der Waals surface area contributed by atoms with E-state index in [1.807, 2.05) is 0 Å². The van der Waals surface area contributed by atoms with Crippen LogP contribution in [0.5, 0.6) is 11.6 Å². The summed E-state index contributed by atoms with van der Waals surface area (Å²) in [4.78, 5) is 33.9. The summed E-state index contributed by atoms with van der Waals surface area (Å²) in [6.45, 7) is 3.55. The van der Waals surface area contributed by atoms with Gasteiger partial charge in [0.15, 0.2) is 12.4 Å². The second kappa shape index (κ2) is 9.67. The van der Waals surface area contributed by atoms with Gasteiger partial charge in [-0.15, -0.1) is 0 Å². The Kier molecular flexibility index (Phi) is 7.47. The number of hydrogen-bond acceptors (Lipinski definition) is 7. The number of nitrogens with two attached hydrogens (primary N) is 1. The van der Waals surface area contributed by atoms with Crippen molar-refractivity contribution in [2.75, 3.05) is 13.7 Å². The van der Waals surface area contributed by atoms with Gasteiger partial charge in [0.05, 0.1) is 7.11 Å². The Hall–Kier alpha value is -3.31. The van der Waals surface area contributed by atoms with Gasteiger partial charge in [0.1, 0.15) is 6.04 Å². The molecule has 9 nitrogen and oxygen atoms in total. The van der Waals surface area contributed by atoms with Crippen molar-refractivity contribution < 1.29 is 32.2 Å². The van der Waals surface area contributed by atoms with Gasteiger partial charge in [0.25, 0.3) is 5.88 Å². The van der Waals surface area contributed by atoms with E-state index in [1.165, 1.54) is 24.3 Å². The number of nitrogens with zero attached hydrogens (tertiary/aromatic N) is 3. The molecule has 2 heterocycles. The van der Waals surface area contributed by atoms with Crippen LogP contribution in [0, 0.1) is 5.92 Å². The Bertz CT molecular complexity index is 899. The molecule has 1 aliphatic rings. The fourth-order valence-corrected chi connectivity index (χ4v) is 2.64. The minimum atomic E-state index is -4.53. The van der Waals surface area contributed by atoms with Gasteiger partial charge in [-0.2, -0.15) is 13.2 Å². The van der Waals surface area contributed by atoms with Crippen molar-refractivity contribution in [3.8, 4) is 11.6 Å². The first kappa shape index (κ1) is 24.0. The van der Waals surface area contributed by atoms with Crippen LogP contribution >= 0.6 is 0 Å². The summed E-state index contributed by atoms with van der Waals surface area (Å²) in [5, 5.41) is 2.67. The topological polar surface area (TPSA) is 119 Å². The molecule has 1 unspecified atom stereocenters. The normalized spacial score (nSPS) is 16.5. The first-order valence-corrected chi connectivity index (χ1v) is 9.27. The number of amides is 2. The molecule has 3 N–H and O–H groups in total. The second-order valence-electron chi connectivity index (χ2n) is 7.12. The van der Waals surface area contributed by atoms with Crippen LogP contribution in [-0.2, 0) is 16.1 Å². The van der Waals surface area contributed by atoms with E-state index in [2.05, 4.69) is 20.0 Å². The van der Waals surface area contributed by atoms with E-state index >= 15 is 0 Å². The number of primary amides is 1. The largest absolute Gasteiger partial charge is 0.491 e. The molecule has 0 saturated carbocycles. The van der Waals surface area contributed by atoms with Crippen molar-refractivity contribution >= 4 is 17.8 Å². The summed E-state index contributed by atoms with van der Waals surface area (Å²) < 4.78 is 47.0. The number of guanidine groups is 1. The standard InChI is InChI=1S/C19H24F3N5O4/c1-10(2)16(29)26-18-25-11(3)5-13(15(23)28)27(18)8-12-6-14(30-4)17(24-7-12)31-9-19(20,21)22/h5-7,10,13H,8-9H2,1-4H3,(H2,23,28)(H,25,26,29). The number of aromatic nitrogens is 1. The fraction of sp³-hybridized carbons (Fsp3) is 0.474. The van der Waals surface area contributed by atoms with E-state index in [-0.39, 0.29) is 36.0 Å². The highest BCUT2D eigenvalue weighted by molar-refractivity contribution is 6.01. The molecule has 170 valence electrons. The Morgan fingerprint density at radius 1 is 1.35 bits per heavy atom. The number of halogens is 3. The third-order valence-corrected chi connectivity index (χ3v) is 4.16. The van der Waals surface area contributed by atoms with Gasteiger partial charge in [-0.05, 0) is 24.6 Å². The minimum Gasteiger partial charge on any atom is -0.491 e. The van der Waals surface area contributed by atoms with Gasteiger partial charge >= 0.3 is 6.18 Å². The molecule has 0 aromatic carbocycles. The van der Waals surface area contributed by atoms with Crippen molar-refractivity contribution in [3.05, 3.63) is 29.6 Å². The number of alkyl halides is 3. The Labute approximate surface area is 177 Å². The van der Waals surface area contributed by atoms with Crippen molar-refractivity contribution in [3.63, 3.8) is 0 Å². The second-order valence-corrected chi connectivity index (χ2v) is 7.12. The van der Waals surface area contributed by atoms with Crippen LogP contribution < -0.4 is 20.5 Å². The van der Waals surface area contributed by atoms with Crippen molar-refractivity contribution in [2.24, 2.45) is 16.6 Å². The average Bonchev–Trinajstić information content (AvgIpc) is 2.67. The Morgan fingerprint density at radius 3 is 2.58 bits per heavy atom. The van der Waals surface area contributed by atoms with E-state index in [4.69, 9.17) is 10.5 Å². The third-order valence-electron chi connectivity index (χ3n) is 4.16. The van der Waals surface area contributed by atoms with Crippen molar-refractivity contribution in [2.45, 2.75) is 39.5 Å². The van der Waals surface area contributed by atoms with Gasteiger partial charge in [-0.25, -0.2) is 9.98 Å². The summed E-state index contributed by atoms with van der Waals surface area (Å²) in [5.74, 6) is -1.55. The average molecular weight is 443 g/mol. The molecule has 2 amide bonds. The number of methoxy groups -OCH3 is 1. The van der Waals surface area contributed by atoms with Gasteiger partial charge in [-0.1, -0.05) is 13.8 Å². The number of aliphatic imine (C=N–C) groups is 1. The van der Waals surface area contributed by atoms with Gasteiger partial charge < -0.3 is 20.1 Å². The van der Waals surface area contributed by atoms with E-state index < -0.39 is 24.7 Å². The molecular weight excluding hydrogens is 419 g/mol. The zero-order valence-corrected chi connectivity index (χ0v) is 17.5. The highest BCUT2D eigenvalue weighted by Crippen LogP contribution is 2.28. The maximum atomic E-state index is 12.4. The third kappa shape index (κ3) is 6.59. The maximum absolute atomic E-state index is 12.4. The predicted octanol–water partition coefficient (Wildman–Crippen LogP) is 1.73. The number of carbonyl (C=O) groups excluding carboxylic acids is 2. The molecule has 1 aromatic heterocycles. The van der Waals surface area contributed by atoms with Crippen LogP contribution in [0.15, 0.2) is 29.0 Å². The van der Waals surface area contributed by atoms with Crippen LogP contribution in [0.4, 0.5) is 13.2 Å². The van der Waals surface area contributed by atoms with E-state index in [1.54, 1.807) is 26.8 Å². The number of pyridine rings is 1. The van der Waals surface area contributed by atoms with Gasteiger partial charge in [0.2, 0.25) is 17.8 Å². The molecule has 0 radical (unpaired) electrons. The highest BCUT2D eigenvalue weighted by atomic mass is 19.4. The first-order valence-electron chi connectivity index (χ1n) is 9.27. The zero-order chi connectivity index (χ0) is 23.3. The van der Waals surface area contributed by atoms with E-state index in [0.717, 1.165) is 0 Å². The minimum absolute atomic E-state index is 0.0114. The number of rotatable bonds is 7. The summed E-state index contributed by atoms with van der Waals surface area (Å²) in [6, 6.07) is 0.510. The molecule has 0 spiro atoms. The van der Waals surface area contributed by atoms with Crippen LogP contribution in [0.25, 0.3) is 0 Å². The summed E-state index contributed by atoms with van der Waals surface area (Å²) >= 11 is 0. The molecule has 1 atom stereocenters. The van der Waals surface area contributed by atoms with Crippen molar-refractivity contribution in [1.29, 1.82) is 0 Å². The molecular formula is C19H24F3N5O4. The molecule has 0 fully saturated rings. The van der Waals surface area contributed by atoms with Gasteiger partial charge in [0, 0.05) is 24.4 Å². The summed E-state index contributed by atoms with van der Waals surface area (Å²) in [6.07, 6.45) is -1.71. The maximum Gasteiger partial charge on any atom is 0.422 e. The van der Waals surface area contributed by atoms with Gasteiger partial charge in [-0.3, -0.25) is 14.9 Å². The van der Waals surface area contributed by atoms with Crippen LogP contribution in [-0.4, -0.2) is 53.6 Å². The predicted molar refractivity (Wildman–Crippen MR) is 105 cm³/mol. The lowest BCUT2D eigenvalue weighted by molar-refractivity contribution is -0.154. The Balaban J connectivity index is 2.32. The van der Waals surface area contributed by atoms with Crippen LogP contribution in [0.3, 0.4) is 0 Å². The monoisotopic (exact) mass is 443 g/mol. The number of carbonyl (C=O) groups is 2. The molecule has 1 aromatic rings. The molecule has 1 aliphatic heterocycles. The lowest BCUT2D eigenvalue weighted by atomic mass is 10.1. The number of hydrogen-bond donors (Lipinski definition) is 2. The molecule has 2 rings (SSSR count). The quantitative estimate of drug-likeness (QED) is 0.663. The van der Waals surface area contributed by atoms with E-state index in [0.29, 0.717) is 11.3 Å². The molecule has 0 bridgehead atoms. The summed E-state index contributed by atoms with van der Waals surface area (Å²) in [5.41, 5.74) is 6.48. The number of nitrogens with one attached hydrogen (secondary N) is 1. The van der Waals surface area contributed by atoms with Crippen LogP contribution in [0.2, 0.25) is 0 Å². The molecule has 31 heavy (non-hydrogen) atoms. The Morgan fingerprint density at radius 2 is 2.03 bits per heavy atom.